The number of carbonyl (C=O) groups is 1. The summed E-state index contributed by atoms with van der Waals surface area (Å²) in [6, 6.07) is 8.81. The van der Waals surface area contributed by atoms with E-state index in [1.807, 2.05) is 32.0 Å². The molecule has 0 fully saturated rings. The van der Waals surface area contributed by atoms with E-state index in [2.05, 4.69) is 13.8 Å². The van der Waals surface area contributed by atoms with Gasteiger partial charge in [0, 0.05) is 23.1 Å². The van der Waals surface area contributed by atoms with Gasteiger partial charge in [0.25, 0.3) is 0 Å². The van der Waals surface area contributed by atoms with E-state index in [1.165, 1.54) is 12.1 Å². The second-order valence-corrected chi connectivity index (χ2v) is 6.84. The highest BCUT2D eigenvalue weighted by atomic mass is 16.5. The molecule has 0 saturated carbocycles. The SMILES string of the molecule is Cc1ccc(C=CC(=O)OCc2cc(=O)oc3cc(C)c(C(C)C)cc23)o1. The van der Waals surface area contributed by atoms with E-state index in [-0.39, 0.29) is 6.61 Å². The molecule has 5 heteroatoms. The number of fused-ring (bicyclic) bond motifs is 1. The predicted molar refractivity (Wildman–Crippen MR) is 104 cm³/mol. The zero-order valence-corrected chi connectivity index (χ0v) is 15.9. The fraction of sp³-hybridized carbons (Fsp3) is 0.273. The molecule has 0 aliphatic carbocycles. The molecule has 0 amide bonds. The van der Waals surface area contributed by atoms with Gasteiger partial charge in [-0.3, -0.25) is 0 Å². The summed E-state index contributed by atoms with van der Waals surface area (Å²) in [4.78, 5) is 23.9. The van der Waals surface area contributed by atoms with Gasteiger partial charge in [-0.25, -0.2) is 9.59 Å². The van der Waals surface area contributed by atoms with Crippen molar-refractivity contribution in [3.8, 4) is 0 Å². The van der Waals surface area contributed by atoms with Crippen LogP contribution in [0.5, 0.6) is 0 Å². The van der Waals surface area contributed by atoms with Crippen LogP contribution in [0.2, 0.25) is 0 Å². The number of hydrogen-bond acceptors (Lipinski definition) is 5. The van der Waals surface area contributed by atoms with Gasteiger partial charge in [-0.2, -0.15) is 0 Å². The predicted octanol–water partition coefficient (Wildman–Crippen LogP) is 4.88. The Morgan fingerprint density at radius 1 is 1.15 bits per heavy atom. The standard InChI is InChI=1S/C22H22O5/c1-13(2)18-11-19-16(10-22(24)27-20(19)9-14(18)3)12-25-21(23)8-7-17-6-5-15(4)26-17/h5-11,13H,12H2,1-4H3. The Balaban J connectivity index is 1.83. The lowest BCUT2D eigenvalue weighted by atomic mass is 9.95. The van der Waals surface area contributed by atoms with Gasteiger partial charge in [-0.05, 0) is 61.2 Å². The molecular weight excluding hydrogens is 344 g/mol. The molecule has 2 aromatic heterocycles. The topological polar surface area (TPSA) is 69.7 Å². The third-order valence-electron chi connectivity index (χ3n) is 4.35. The normalized spacial score (nSPS) is 11.6. The first-order valence-corrected chi connectivity index (χ1v) is 8.82. The van der Waals surface area contributed by atoms with E-state index in [0.29, 0.717) is 22.8 Å². The van der Waals surface area contributed by atoms with Crippen LogP contribution >= 0.6 is 0 Å². The molecule has 0 spiro atoms. The number of rotatable bonds is 5. The Bertz CT molecular complexity index is 1070. The summed E-state index contributed by atoms with van der Waals surface area (Å²) in [5.41, 5.74) is 2.88. The summed E-state index contributed by atoms with van der Waals surface area (Å²) in [6.07, 6.45) is 2.85. The van der Waals surface area contributed by atoms with Crippen molar-refractivity contribution < 1.29 is 18.4 Å². The lowest BCUT2D eigenvalue weighted by molar-refractivity contribution is -0.138. The van der Waals surface area contributed by atoms with Crippen LogP contribution in [0.25, 0.3) is 17.0 Å². The van der Waals surface area contributed by atoms with E-state index >= 15 is 0 Å². The summed E-state index contributed by atoms with van der Waals surface area (Å²) in [6.45, 7) is 8.02. The van der Waals surface area contributed by atoms with E-state index in [1.54, 1.807) is 12.1 Å². The minimum atomic E-state index is -0.512. The van der Waals surface area contributed by atoms with E-state index in [4.69, 9.17) is 13.6 Å². The Hall–Kier alpha value is -3.08. The highest BCUT2D eigenvalue weighted by Crippen LogP contribution is 2.27. The van der Waals surface area contributed by atoms with Crippen molar-refractivity contribution in [2.75, 3.05) is 0 Å². The van der Waals surface area contributed by atoms with Crippen LogP contribution in [-0.4, -0.2) is 5.97 Å². The lowest BCUT2D eigenvalue weighted by Gasteiger charge is -2.13. The first-order valence-electron chi connectivity index (χ1n) is 8.82. The van der Waals surface area contributed by atoms with Gasteiger partial charge < -0.3 is 13.6 Å². The van der Waals surface area contributed by atoms with Crippen LogP contribution in [0.1, 0.15) is 48.0 Å². The molecule has 0 N–H and O–H groups in total. The average molecular weight is 366 g/mol. The molecule has 0 aliphatic rings. The Labute approximate surface area is 157 Å². The van der Waals surface area contributed by atoms with Gasteiger partial charge in [-0.15, -0.1) is 0 Å². The van der Waals surface area contributed by atoms with Crippen LogP contribution in [0, 0.1) is 13.8 Å². The molecular formula is C22H22O5. The summed E-state index contributed by atoms with van der Waals surface area (Å²) < 4.78 is 16.0. The van der Waals surface area contributed by atoms with Crippen LogP contribution in [-0.2, 0) is 16.1 Å². The van der Waals surface area contributed by atoms with Crippen LogP contribution < -0.4 is 5.63 Å². The second-order valence-electron chi connectivity index (χ2n) is 6.84. The maximum atomic E-state index is 12.0. The van der Waals surface area contributed by atoms with Gasteiger partial charge in [-0.1, -0.05) is 13.8 Å². The summed E-state index contributed by atoms with van der Waals surface area (Å²) in [7, 11) is 0. The fourth-order valence-corrected chi connectivity index (χ4v) is 3.02. The molecule has 1 aromatic carbocycles. The summed E-state index contributed by atoms with van der Waals surface area (Å²) in [5.74, 6) is 1.16. The highest BCUT2D eigenvalue weighted by molar-refractivity contribution is 5.87. The third kappa shape index (κ3) is 4.37. The molecule has 0 unspecified atom stereocenters. The summed E-state index contributed by atoms with van der Waals surface area (Å²) >= 11 is 0. The number of esters is 1. The van der Waals surface area contributed by atoms with Crippen molar-refractivity contribution >= 4 is 23.0 Å². The maximum Gasteiger partial charge on any atom is 0.336 e. The molecule has 140 valence electrons. The number of aryl methyl sites for hydroxylation is 2. The third-order valence-corrected chi connectivity index (χ3v) is 4.35. The molecule has 0 atom stereocenters. The molecule has 0 bridgehead atoms. The zero-order chi connectivity index (χ0) is 19.6. The van der Waals surface area contributed by atoms with Gasteiger partial charge in [0.05, 0.1) is 0 Å². The van der Waals surface area contributed by atoms with E-state index in [0.717, 1.165) is 22.3 Å². The highest BCUT2D eigenvalue weighted by Gasteiger charge is 2.12. The minimum Gasteiger partial charge on any atom is -0.462 e. The molecule has 5 nitrogen and oxygen atoms in total. The maximum absolute atomic E-state index is 12.0. The monoisotopic (exact) mass is 366 g/mol. The number of carbonyl (C=O) groups excluding carboxylic acids is 1. The Kier molecular flexibility index (Phi) is 5.31. The molecule has 3 aromatic rings. The lowest BCUT2D eigenvalue weighted by Crippen LogP contribution is -2.06. The van der Waals surface area contributed by atoms with Crippen molar-refractivity contribution in [1.82, 2.24) is 0 Å². The average Bonchev–Trinajstić information content (AvgIpc) is 3.02. The Morgan fingerprint density at radius 3 is 2.59 bits per heavy atom. The van der Waals surface area contributed by atoms with E-state index in [9.17, 15) is 9.59 Å². The van der Waals surface area contributed by atoms with Crippen LogP contribution in [0.4, 0.5) is 0 Å². The first-order chi connectivity index (χ1) is 12.8. The smallest absolute Gasteiger partial charge is 0.336 e. The Morgan fingerprint density at radius 2 is 1.93 bits per heavy atom. The molecule has 0 aliphatic heterocycles. The van der Waals surface area contributed by atoms with Crippen LogP contribution in [0.3, 0.4) is 0 Å². The van der Waals surface area contributed by atoms with Crippen molar-refractivity contribution in [2.45, 2.75) is 40.2 Å². The van der Waals surface area contributed by atoms with Gasteiger partial charge in [0.1, 0.15) is 23.7 Å². The fourth-order valence-electron chi connectivity index (χ4n) is 3.02. The molecule has 27 heavy (non-hydrogen) atoms. The molecule has 0 saturated heterocycles. The number of furan rings is 1. The second kappa shape index (κ2) is 7.66. The van der Waals surface area contributed by atoms with Crippen molar-refractivity contribution in [2.24, 2.45) is 0 Å². The van der Waals surface area contributed by atoms with Gasteiger partial charge in [0.15, 0.2) is 0 Å². The number of ether oxygens (including phenoxy) is 1. The van der Waals surface area contributed by atoms with Crippen molar-refractivity contribution in [1.29, 1.82) is 0 Å². The zero-order valence-electron chi connectivity index (χ0n) is 15.9. The van der Waals surface area contributed by atoms with Crippen molar-refractivity contribution in [3.63, 3.8) is 0 Å². The largest absolute Gasteiger partial charge is 0.462 e. The molecule has 0 radical (unpaired) electrons. The van der Waals surface area contributed by atoms with E-state index < -0.39 is 11.6 Å². The van der Waals surface area contributed by atoms with Gasteiger partial charge >= 0.3 is 11.6 Å². The van der Waals surface area contributed by atoms with Gasteiger partial charge in [0.2, 0.25) is 0 Å². The minimum absolute atomic E-state index is 0.0109. The molecule has 2 heterocycles. The number of hydrogen-bond donors (Lipinski definition) is 0. The number of benzene rings is 1. The van der Waals surface area contributed by atoms with Crippen LogP contribution in [0.15, 0.2) is 50.0 Å². The summed E-state index contributed by atoms with van der Waals surface area (Å²) in [5, 5.41) is 0.780. The van der Waals surface area contributed by atoms with Crippen molar-refractivity contribution in [3.05, 3.63) is 75.0 Å². The first kappa shape index (κ1) is 18.7. The quantitative estimate of drug-likeness (QED) is 0.365. The molecule has 3 rings (SSSR count).